The fourth-order valence-corrected chi connectivity index (χ4v) is 3.17. The van der Waals surface area contributed by atoms with Crippen molar-refractivity contribution in [1.82, 2.24) is 30.4 Å². The molecule has 0 fully saturated rings. The topological polar surface area (TPSA) is 111 Å². The van der Waals surface area contributed by atoms with Crippen LogP contribution in [-0.2, 0) is 24.8 Å². The minimum atomic E-state index is -0.565. The van der Waals surface area contributed by atoms with Crippen molar-refractivity contribution in [3.63, 3.8) is 0 Å². The van der Waals surface area contributed by atoms with E-state index in [-0.39, 0.29) is 23.6 Å². The molecule has 0 aliphatic carbocycles. The summed E-state index contributed by atoms with van der Waals surface area (Å²) >= 11 is 0. The Kier molecular flexibility index (Phi) is 6.95. The predicted molar refractivity (Wildman–Crippen MR) is 113 cm³/mol. The number of rotatable bonds is 8. The molecule has 0 saturated carbocycles. The van der Waals surface area contributed by atoms with Crippen LogP contribution in [0.1, 0.15) is 48.7 Å². The van der Waals surface area contributed by atoms with Gasteiger partial charge in [0.05, 0.1) is 11.6 Å². The van der Waals surface area contributed by atoms with Gasteiger partial charge in [0.2, 0.25) is 5.91 Å². The van der Waals surface area contributed by atoms with Crippen molar-refractivity contribution < 1.29 is 9.59 Å². The molecule has 0 aliphatic rings. The van der Waals surface area contributed by atoms with Crippen LogP contribution in [0.25, 0.3) is 10.8 Å². The van der Waals surface area contributed by atoms with Gasteiger partial charge in [0.15, 0.2) is 5.69 Å². The molecule has 9 heteroatoms. The highest BCUT2D eigenvalue weighted by Crippen LogP contribution is 2.13. The molecule has 3 rings (SSSR count). The van der Waals surface area contributed by atoms with Gasteiger partial charge in [0, 0.05) is 31.6 Å². The van der Waals surface area contributed by atoms with Crippen LogP contribution >= 0.6 is 0 Å². The predicted octanol–water partition coefficient (Wildman–Crippen LogP) is 1.71. The third-order valence-corrected chi connectivity index (χ3v) is 4.77. The number of hydrazine groups is 1. The third kappa shape index (κ3) is 5.11. The molecule has 1 aromatic carbocycles. The molecule has 2 heterocycles. The Morgan fingerprint density at radius 1 is 1.10 bits per heavy atom. The maximum atomic E-state index is 12.7. The lowest BCUT2D eigenvalue weighted by molar-refractivity contribution is -0.121. The zero-order valence-electron chi connectivity index (χ0n) is 17.2. The number of fused-ring (bicyclic) bond motifs is 1. The molecule has 0 bridgehead atoms. The molecule has 0 unspecified atom stereocenters. The third-order valence-electron chi connectivity index (χ3n) is 4.77. The average molecular weight is 410 g/mol. The summed E-state index contributed by atoms with van der Waals surface area (Å²) in [5, 5.41) is 9.22. The molecule has 0 aliphatic heterocycles. The zero-order valence-corrected chi connectivity index (χ0v) is 17.2. The Balaban J connectivity index is 1.71. The molecule has 2 N–H and O–H groups in total. The van der Waals surface area contributed by atoms with Crippen LogP contribution in [0.5, 0.6) is 0 Å². The first-order valence-corrected chi connectivity index (χ1v) is 10.1. The highest BCUT2D eigenvalue weighted by molar-refractivity contribution is 6.05. The van der Waals surface area contributed by atoms with E-state index >= 15 is 0 Å². The van der Waals surface area contributed by atoms with Gasteiger partial charge in [-0.25, -0.2) is 4.68 Å². The zero-order chi connectivity index (χ0) is 21.5. The van der Waals surface area contributed by atoms with Gasteiger partial charge in [-0.2, -0.15) is 10.2 Å². The summed E-state index contributed by atoms with van der Waals surface area (Å²) in [5.41, 5.74) is 5.64. The average Bonchev–Trinajstić information content (AvgIpc) is 3.17. The van der Waals surface area contributed by atoms with Crippen molar-refractivity contribution in [3.05, 3.63) is 58.3 Å². The molecule has 30 heavy (non-hydrogen) atoms. The Hall–Kier alpha value is -3.49. The number of nitrogens with zero attached hydrogens (tertiary/aromatic N) is 4. The number of aromatic nitrogens is 4. The summed E-state index contributed by atoms with van der Waals surface area (Å²) in [7, 11) is 1.81. The second kappa shape index (κ2) is 9.82. The number of hydrogen-bond acceptors (Lipinski definition) is 5. The quantitative estimate of drug-likeness (QED) is 0.434. The van der Waals surface area contributed by atoms with E-state index in [0.29, 0.717) is 23.7 Å². The summed E-state index contributed by atoms with van der Waals surface area (Å²) in [6, 6.07) is 6.86. The lowest BCUT2D eigenvalue weighted by atomic mass is 10.1. The van der Waals surface area contributed by atoms with Crippen LogP contribution in [0.15, 0.2) is 41.5 Å². The first-order chi connectivity index (χ1) is 14.5. The first-order valence-electron chi connectivity index (χ1n) is 10.1. The molecule has 3 aromatic rings. The largest absolute Gasteiger partial charge is 0.290 e. The standard InChI is InChI=1S/C21H26N6O3/c1-3-4-7-12-27-21(30)17-9-6-5-8-16(17)19(25-27)20(29)24-23-18(28)11-10-15-13-22-26(2)14-15/h5-6,8-9,13-14H,3-4,7,10-12H2,1-2H3,(H,23,28)(H,24,29). The number of amides is 2. The van der Waals surface area contributed by atoms with Crippen molar-refractivity contribution in [3.8, 4) is 0 Å². The van der Waals surface area contributed by atoms with E-state index in [1.165, 1.54) is 4.68 Å². The number of carbonyl (C=O) groups is 2. The molecule has 2 aromatic heterocycles. The monoisotopic (exact) mass is 410 g/mol. The number of benzene rings is 1. The van der Waals surface area contributed by atoms with E-state index < -0.39 is 5.91 Å². The van der Waals surface area contributed by atoms with E-state index in [1.54, 1.807) is 35.1 Å². The van der Waals surface area contributed by atoms with E-state index in [2.05, 4.69) is 28.0 Å². The van der Waals surface area contributed by atoms with Crippen molar-refractivity contribution in [1.29, 1.82) is 0 Å². The number of carbonyl (C=O) groups excluding carboxylic acids is 2. The maximum Gasteiger partial charge on any atom is 0.290 e. The fraction of sp³-hybridized carbons (Fsp3) is 0.381. The van der Waals surface area contributed by atoms with E-state index in [0.717, 1.165) is 24.8 Å². The molecule has 0 atom stereocenters. The number of aryl methyl sites for hydroxylation is 3. The molecule has 158 valence electrons. The molecule has 9 nitrogen and oxygen atoms in total. The SMILES string of the molecule is CCCCCn1nc(C(=O)NNC(=O)CCc2cnn(C)c2)c2ccccc2c1=O. The second-order valence-corrected chi connectivity index (χ2v) is 7.15. The lowest BCUT2D eigenvalue weighted by Gasteiger charge is -2.12. The summed E-state index contributed by atoms with van der Waals surface area (Å²) in [4.78, 5) is 37.5. The van der Waals surface area contributed by atoms with Crippen LogP contribution in [0.3, 0.4) is 0 Å². The smallest absolute Gasteiger partial charge is 0.276 e. The minimum absolute atomic E-state index is 0.106. The van der Waals surface area contributed by atoms with Crippen molar-refractivity contribution in [2.24, 2.45) is 7.05 Å². The van der Waals surface area contributed by atoms with Gasteiger partial charge >= 0.3 is 0 Å². The first kappa shape index (κ1) is 21.2. The summed E-state index contributed by atoms with van der Waals surface area (Å²) in [6.45, 7) is 2.52. The Morgan fingerprint density at radius 2 is 1.87 bits per heavy atom. The van der Waals surface area contributed by atoms with E-state index in [9.17, 15) is 14.4 Å². The summed E-state index contributed by atoms with van der Waals surface area (Å²) in [5.74, 6) is -0.891. The Bertz CT molecular complexity index is 1100. The van der Waals surface area contributed by atoms with Gasteiger partial charge in [-0.05, 0) is 24.5 Å². The normalized spacial score (nSPS) is 10.9. The van der Waals surface area contributed by atoms with Crippen LogP contribution in [-0.4, -0.2) is 31.4 Å². The molecule has 0 radical (unpaired) electrons. The summed E-state index contributed by atoms with van der Waals surface area (Å²) < 4.78 is 3.00. The van der Waals surface area contributed by atoms with Crippen LogP contribution in [0.4, 0.5) is 0 Å². The molecule has 2 amide bonds. The maximum absolute atomic E-state index is 12.7. The molecule has 0 spiro atoms. The molecular weight excluding hydrogens is 384 g/mol. The number of nitrogens with one attached hydrogen (secondary N) is 2. The van der Waals surface area contributed by atoms with Crippen molar-refractivity contribution >= 4 is 22.6 Å². The second-order valence-electron chi connectivity index (χ2n) is 7.15. The van der Waals surface area contributed by atoms with E-state index in [1.807, 2.05) is 13.2 Å². The van der Waals surface area contributed by atoms with Gasteiger partial charge < -0.3 is 0 Å². The Labute approximate surface area is 174 Å². The van der Waals surface area contributed by atoms with Gasteiger partial charge in [0.1, 0.15) is 0 Å². The van der Waals surface area contributed by atoms with Crippen LogP contribution < -0.4 is 16.4 Å². The van der Waals surface area contributed by atoms with E-state index in [4.69, 9.17) is 0 Å². The fourth-order valence-electron chi connectivity index (χ4n) is 3.17. The Morgan fingerprint density at radius 3 is 2.57 bits per heavy atom. The molecule has 0 saturated heterocycles. The van der Waals surface area contributed by atoms with Crippen molar-refractivity contribution in [2.45, 2.75) is 45.6 Å². The van der Waals surface area contributed by atoms with Gasteiger partial charge in [0.25, 0.3) is 11.5 Å². The van der Waals surface area contributed by atoms with Gasteiger partial charge in [-0.15, -0.1) is 0 Å². The van der Waals surface area contributed by atoms with Gasteiger partial charge in [-0.1, -0.05) is 38.0 Å². The molecular formula is C21H26N6O3. The van der Waals surface area contributed by atoms with Crippen molar-refractivity contribution in [2.75, 3.05) is 0 Å². The summed E-state index contributed by atoms with van der Waals surface area (Å²) in [6.07, 6.45) is 7.03. The van der Waals surface area contributed by atoms with Crippen LogP contribution in [0, 0.1) is 0 Å². The van der Waals surface area contributed by atoms with Crippen LogP contribution in [0.2, 0.25) is 0 Å². The minimum Gasteiger partial charge on any atom is -0.276 e. The number of unbranched alkanes of at least 4 members (excludes halogenated alkanes) is 2. The highest BCUT2D eigenvalue weighted by Gasteiger charge is 2.17. The number of hydrogen-bond donors (Lipinski definition) is 2. The lowest BCUT2D eigenvalue weighted by Crippen LogP contribution is -2.43. The van der Waals surface area contributed by atoms with Gasteiger partial charge in [-0.3, -0.25) is 29.9 Å². The highest BCUT2D eigenvalue weighted by atomic mass is 16.2.